The Bertz CT molecular complexity index is 468. The molecular formula is C17H30N4. The van der Waals surface area contributed by atoms with E-state index in [1.54, 1.807) is 0 Å². The van der Waals surface area contributed by atoms with Gasteiger partial charge in [-0.25, -0.2) is 9.97 Å². The second-order valence-corrected chi connectivity index (χ2v) is 7.28. The number of hydrogen-bond acceptors (Lipinski definition) is 4. The van der Waals surface area contributed by atoms with E-state index in [1.807, 2.05) is 6.07 Å². The smallest absolute Gasteiger partial charge is 0.135 e. The van der Waals surface area contributed by atoms with Gasteiger partial charge in [-0.3, -0.25) is 0 Å². The first-order valence-electron chi connectivity index (χ1n) is 8.29. The summed E-state index contributed by atoms with van der Waals surface area (Å²) in [5.41, 5.74) is 0.439. The Labute approximate surface area is 129 Å². The van der Waals surface area contributed by atoms with Gasteiger partial charge in [-0.15, -0.1) is 0 Å². The van der Waals surface area contributed by atoms with Crippen molar-refractivity contribution >= 4 is 11.6 Å². The van der Waals surface area contributed by atoms with E-state index in [9.17, 15) is 0 Å². The summed E-state index contributed by atoms with van der Waals surface area (Å²) in [7, 11) is 0. The van der Waals surface area contributed by atoms with Crippen LogP contribution in [0.5, 0.6) is 0 Å². The zero-order valence-corrected chi connectivity index (χ0v) is 14.2. The van der Waals surface area contributed by atoms with Crippen LogP contribution >= 0.6 is 0 Å². The normalized spacial score (nSPS) is 21.3. The van der Waals surface area contributed by atoms with Crippen LogP contribution in [-0.2, 0) is 0 Å². The molecule has 1 saturated carbocycles. The topological polar surface area (TPSA) is 49.8 Å². The van der Waals surface area contributed by atoms with Gasteiger partial charge < -0.3 is 10.6 Å². The summed E-state index contributed by atoms with van der Waals surface area (Å²) in [4.78, 5) is 9.28. The molecule has 1 fully saturated rings. The zero-order valence-electron chi connectivity index (χ0n) is 14.2. The summed E-state index contributed by atoms with van der Waals surface area (Å²) in [6.45, 7) is 12.0. The molecule has 4 nitrogen and oxygen atoms in total. The van der Waals surface area contributed by atoms with Crippen molar-refractivity contribution in [3.8, 4) is 0 Å². The van der Waals surface area contributed by atoms with Gasteiger partial charge in [0, 0.05) is 24.6 Å². The van der Waals surface area contributed by atoms with E-state index < -0.39 is 0 Å². The Morgan fingerprint density at radius 2 is 2.00 bits per heavy atom. The minimum atomic E-state index is 0.340. The van der Waals surface area contributed by atoms with Crippen LogP contribution in [0.1, 0.15) is 72.0 Å². The van der Waals surface area contributed by atoms with Crippen molar-refractivity contribution in [2.75, 3.05) is 17.2 Å². The molecule has 1 aliphatic rings. The van der Waals surface area contributed by atoms with Crippen LogP contribution in [-0.4, -0.2) is 22.6 Å². The van der Waals surface area contributed by atoms with E-state index in [4.69, 9.17) is 4.98 Å². The van der Waals surface area contributed by atoms with Crippen molar-refractivity contribution < 1.29 is 0 Å². The fourth-order valence-electron chi connectivity index (χ4n) is 3.10. The molecule has 1 heterocycles. The van der Waals surface area contributed by atoms with Crippen LogP contribution in [0.15, 0.2) is 6.07 Å². The number of nitrogens with zero attached hydrogens (tertiary/aromatic N) is 2. The van der Waals surface area contributed by atoms with Crippen LogP contribution in [0.2, 0.25) is 0 Å². The first-order chi connectivity index (χ1) is 9.89. The molecule has 4 heteroatoms. The third kappa shape index (κ3) is 4.58. The Morgan fingerprint density at radius 3 is 2.62 bits per heavy atom. The molecule has 2 rings (SSSR count). The average molecular weight is 290 g/mol. The van der Waals surface area contributed by atoms with Crippen molar-refractivity contribution in [3.05, 3.63) is 11.9 Å². The molecule has 0 bridgehead atoms. The second kappa shape index (κ2) is 6.63. The lowest BCUT2D eigenvalue weighted by Gasteiger charge is -2.35. The van der Waals surface area contributed by atoms with E-state index in [1.165, 1.54) is 25.7 Å². The highest BCUT2D eigenvalue weighted by Crippen LogP contribution is 2.36. The SMILES string of the molecule is CCNc1cc(NC2CCCC(C)(C)C2)nc(C(C)C)n1. The molecule has 2 N–H and O–H groups in total. The van der Waals surface area contributed by atoms with Gasteiger partial charge in [-0.2, -0.15) is 0 Å². The molecule has 1 aromatic rings. The Hall–Kier alpha value is -1.32. The lowest BCUT2D eigenvalue weighted by Crippen LogP contribution is -2.32. The Morgan fingerprint density at radius 1 is 1.29 bits per heavy atom. The molecular weight excluding hydrogens is 260 g/mol. The number of rotatable bonds is 5. The molecule has 1 aromatic heterocycles. The second-order valence-electron chi connectivity index (χ2n) is 7.28. The van der Waals surface area contributed by atoms with Gasteiger partial charge in [-0.1, -0.05) is 34.1 Å². The van der Waals surface area contributed by atoms with Crippen LogP contribution in [0.4, 0.5) is 11.6 Å². The molecule has 1 aliphatic carbocycles. The van der Waals surface area contributed by atoms with E-state index >= 15 is 0 Å². The molecule has 0 radical (unpaired) electrons. The molecule has 0 spiro atoms. The van der Waals surface area contributed by atoms with Crippen molar-refractivity contribution in [1.29, 1.82) is 0 Å². The molecule has 0 aliphatic heterocycles. The summed E-state index contributed by atoms with van der Waals surface area (Å²) in [5.74, 6) is 3.14. The maximum absolute atomic E-state index is 4.69. The lowest BCUT2D eigenvalue weighted by atomic mass is 9.75. The highest BCUT2D eigenvalue weighted by Gasteiger charge is 2.28. The van der Waals surface area contributed by atoms with Crippen LogP contribution in [0, 0.1) is 5.41 Å². The molecule has 1 atom stereocenters. The predicted octanol–water partition coefficient (Wildman–Crippen LogP) is 4.41. The maximum atomic E-state index is 4.69. The summed E-state index contributed by atoms with van der Waals surface area (Å²) in [6.07, 6.45) is 5.08. The van der Waals surface area contributed by atoms with Crippen LogP contribution in [0.25, 0.3) is 0 Å². The van der Waals surface area contributed by atoms with E-state index in [0.29, 0.717) is 17.4 Å². The quantitative estimate of drug-likeness (QED) is 0.843. The monoisotopic (exact) mass is 290 g/mol. The molecule has 1 unspecified atom stereocenters. The maximum Gasteiger partial charge on any atom is 0.135 e. The van der Waals surface area contributed by atoms with E-state index in [2.05, 4.69) is 50.2 Å². The third-order valence-corrected chi connectivity index (χ3v) is 4.17. The lowest BCUT2D eigenvalue weighted by molar-refractivity contribution is 0.229. The van der Waals surface area contributed by atoms with Crippen molar-refractivity contribution in [1.82, 2.24) is 9.97 Å². The highest BCUT2D eigenvalue weighted by molar-refractivity contribution is 5.48. The molecule has 0 aromatic carbocycles. The Balaban J connectivity index is 2.14. The first kappa shape index (κ1) is 16.1. The summed E-state index contributed by atoms with van der Waals surface area (Å²) in [6, 6.07) is 2.56. The number of anilines is 2. The van der Waals surface area contributed by atoms with Gasteiger partial charge in [0.1, 0.15) is 17.5 Å². The summed E-state index contributed by atoms with van der Waals surface area (Å²) < 4.78 is 0. The Kier molecular flexibility index (Phi) is 5.07. The summed E-state index contributed by atoms with van der Waals surface area (Å²) in [5, 5.41) is 6.95. The largest absolute Gasteiger partial charge is 0.370 e. The number of nitrogens with one attached hydrogen (secondary N) is 2. The fourth-order valence-corrected chi connectivity index (χ4v) is 3.10. The molecule has 21 heavy (non-hydrogen) atoms. The van der Waals surface area contributed by atoms with Crippen LogP contribution < -0.4 is 10.6 Å². The predicted molar refractivity (Wildman–Crippen MR) is 89.9 cm³/mol. The standard InChI is InChI=1S/C17H30N4/c1-6-18-14-10-15(21-16(20-14)12(2)3)19-13-8-7-9-17(4,5)11-13/h10,12-13H,6-9,11H2,1-5H3,(H2,18,19,20,21). The zero-order chi connectivity index (χ0) is 15.5. The van der Waals surface area contributed by atoms with Gasteiger partial charge in [0.15, 0.2) is 0 Å². The van der Waals surface area contributed by atoms with Gasteiger partial charge in [0.05, 0.1) is 0 Å². The van der Waals surface area contributed by atoms with Gasteiger partial charge in [0.25, 0.3) is 0 Å². The van der Waals surface area contributed by atoms with Gasteiger partial charge >= 0.3 is 0 Å². The van der Waals surface area contributed by atoms with Crippen molar-refractivity contribution in [3.63, 3.8) is 0 Å². The van der Waals surface area contributed by atoms with Gasteiger partial charge in [-0.05, 0) is 31.6 Å². The summed E-state index contributed by atoms with van der Waals surface area (Å²) >= 11 is 0. The van der Waals surface area contributed by atoms with Crippen molar-refractivity contribution in [2.24, 2.45) is 5.41 Å². The minimum absolute atomic E-state index is 0.340. The third-order valence-electron chi connectivity index (χ3n) is 4.17. The molecule has 0 amide bonds. The number of aromatic nitrogens is 2. The average Bonchev–Trinajstić information content (AvgIpc) is 2.37. The fraction of sp³-hybridized carbons (Fsp3) is 0.765. The van der Waals surface area contributed by atoms with Crippen LogP contribution in [0.3, 0.4) is 0 Å². The molecule has 0 saturated heterocycles. The van der Waals surface area contributed by atoms with E-state index in [0.717, 1.165) is 24.0 Å². The number of hydrogen-bond donors (Lipinski definition) is 2. The highest BCUT2D eigenvalue weighted by atomic mass is 15.1. The first-order valence-corrected chi connectivity index (χ1v) is 8.29. The van der Waals surface area contributed by atoms with E-state index in [-0.39, 0.29) is 0 Å². The molecule has 118 valence electrons. The minimum Gasteiger partial charge on any atom is -0.370 e. The van der Waals surface area contributed by atoms with Crippen molar-refractivity contribution in [2.45, 2.75) is 72.3 Å². The van der Waals surface area contributed by atoms with Gasteiger partial charge in [0.2, 0.25) is 0 Å².